The van der Waals surface area contributed by atoms with E-state index in [0.29, 0.717) is 5.69 Å². The summed E-state index contributed by atoms with van der Waals surface area (Å²) in [6.07, 6.45) is 1.91. The van der Waals surface area contributed by atoms with Crippen LogP contribution in [0.3, 0.4) is 0 Å². The molecular weight excluding hydrogens is 371 g/mol. The first-order valence-corrected chi connectivity index (χ1v) is 9.10. The Morgan fingerprint density at radius 2 is 2.07 bits per heavy atom. The van der Waals surface area contributed by atoms with Crippen LogP contribution < -0.4 is 14.8 Å². The van der Waals surface area contributed by atoms with Gasteiger partial charge in [-0.3, -0.25) is 9.69 Å². The van der Waals surface area contributed by atoms with E-state index in [1.807, 2.05) is 18.2 Å². The van der Waals surface area contributed by atoms with Crippen molar-refractivity contribution in [2.24, 2.45) is 0 Å². The van der Waals surface area contributed by atoms with E-state index in [9.17, 15) is 9.18 Å². The molecule has 1 saturated heterocycles. The van der Waals surface area contributed by atoms with Crippen LogP contribution in [-0.4, -0.2) is 38.1 Å². The summed E-state index contributed by atoms with van der Waals surface area (Å²) >= 11 is 5.99. The molecule has 0 spiro atoms. The normalized spacial score (nSPS) is 17.0. The smallest absolute Gasteiger partial charge is 0.238 e. The van der Waals surface area contributed by atoms with Gasteiger partial charge in [0.2, 0.25) is 5.91 Å². The highest BCUT2D eigenvalue weighted by Gasteiger charge is 2.30. The van der Waals surface area contributed by atoms with Crippen LogP contribution in [0.15, 0.2) is 36.4 Å². The van der Waals surface area contributed by atoms with Gasteiger partial charge in [0.25, 0.3) is 0 Å². The van der Waals surface area contributed by atoms with Crippen molar-refractivity contribution in [3.63, 3.8) is 0 Å². The number of methoxy groups -OCH3 is 2. The van der Waals surface area contributed by atoms with Crippen LogP contribution in [0.4, 0.5) is 10.1 Å². The number of amides is 1. The second-order valence-corrected chi connectivity index (χ2v) is 6.82. The quantitative estimate of drug-likeness (QED) is 0.797. The predicted octanol–water partition coefficient (Wildman–Crippen LogP) is 4.27. The third kappa shape index (κ3) is 4.51. The molecule has 1 heterocycles. The summed E-state index contributed by atoms with van der Waals surface area (Å²) in [6.45, 7) is 1.01. The van der Waals surface area contributed by atoms with Gasteiger partial charge in [-0.1, -0.05) is 11.6 Å². The van der Waals surface area contributed by atoms with Crippen LogP contribution in [0.2, 0.25) is 5.02 Å². The Balaban J connectivity index is 1.74. The Hall–Kier alpha value is -2.31. The topological polar surface area (TPSA) is 50.8 Å². The van der Waals surface area contributed by atoms with Crippen molar-refractivity contribution in [3.05, 3.63) is 52.8 Å². The van der Waals surface area contributed by atoms with Crippen molar-refractivity contribution in [2.75, 3.05) is 32.6 Å². The lowest BCUT2D eigenvalue weighted by molar-refractivity contribution is -0.117. The number of rotatable bonds is 6. The summed E-state index contributed by atoms with van der Waals surface area (Å²) < 4.78 is 24.0. The summed E-state index contributed by atoms with van der Waals surface area (Å²) in [4.78, 5) is 14.6. The van der Waals surface area contributed by atoms with Gasteiger partial charge in [0, 0.05) is 11.6 Å². The molecule has 7 heteroatoms. The van der Waals surface area contributed by atoms with E-state index >= 15 is 0 Å². The largest absolute Gasteiger partial charge is 0.497 e. The van der Waals surface area contributed by atoms with E-state index in [-0.39, 0.29) is 23.5 Å². The van der Waals surface area contributed by atoms with Gasteiger partial charge in [-0.2, -0.15) is 0 Å². The van der Waals surface area contributed by atoms with Gasteiger partial charge in [0.15, 0.2) is 0 Å². The van der Waals surface area contributed by atoms with Crippen molar-refractivity contribution >= 4 is 23.2 Å². The summed E-state index contributed by atoms with van der Waals surface area (Å²) in [5, 5.41) is 2.93. The minimum absolute atomic E-state index is 0.0597. The first-order chi connectivity index (χ1) is 13.0. The fourth-order valence-electron chi connectivity index (χ4n) is 3.43. The number of ether oxygens (including phenoxy) is 2. The summed E-state index contributed by atoms with van der Waals surface area (Å²) in [6, 6.07) is 9.65. The zero-order valence-electron chi connectivity index (χ0n) is 15.3. The number of likely N-dealkylation sites (tertiary alicyclic amines) is 1. The Morgan fingerprint density at radius 1 is 1.26 bits per heavy atom. The molecule has 1 amide bonds. The SMILES string of the molecule is COc1ccc(OC)c([C@@H]2CCCN2CC(=O)Nc2ccc(F)cc2Cl)c1. The first kappa shape index (κ1) is 19.5. The van der Waals surface area contributed by atoms with Crippen molar-refractivity contribution in [2.45, 2.75) is 18.9 Å². The molecule has 2 aromatic rings. The highest BCUT2D eigenvalue weighted by atomic mass is 35.5. The molecule has 1 aliphatic heterocycles. The van der Waals surface area contributed by atoms with Gasteiger partial charge in [-0.25, -0.2) is 4.39 Å². The zero-order valence-corrected chi connectivity index (χ0v) is 16.1. The number of hydrogen-bond donors (Lipinski definition) is 1. The lowest BCUT2D eigenvalue weighted by Crippen LogP contribution is -2.33. The third-order valence-electron chi connectivity index (χ3n) is 4.71. The third-order valence-corrected chi connectivity index (χ3v) is 5.02. The number of carbonyl (C=O) groups is 1. The molecule has 1 fully saturated rings. The molecule has 0 bridgehead atoms. The molecule has 1 atom stereocenters. The molecule has 2 aromatic carbocycles. The molecular formula is C20H22ClFN2O3. The van der Waals surface area contributed by atoms with Gasteiger partial charge in [-0.05, 0) is 55.8 Å². The molecule has 5 nitrogen and oxygen atoms in total. The van der Waals surface area contributed by atoms with Gasteiger partial charge in [-0.15, -0.1) is 0 Å². The minimum Gasteiger partial charge on any atom is -0.497 e. The predicted molar refractivity (Wildman–Crippen MR) is 103 cm³/mol. The number of carbonyl (C=O) groups excluding carboxylic acids is 1. The number of nitrogens with one attached hydrogen (secondary N) is 1. The monoisotopic (exact) mass is 392 g/mol. The standard InChI is InChI=1S/C20H22ClFN2O3/c1-26-14-6-8-19(27-2)15(11-14)18-4-3-9-24(18)12-20(25)23-17-7-5-13(22)10-16(17)21/h5-8,10-11,18H,3-4,9,12H2,1-2H3,(H,23,25)/t18-/m0/s1. The molecule has 0 aromatic heterocycles. The fraction of sp³-hybridized carbons (Fsp3) is 0.350. The number of anilines is 1. The van der Waals surface area contributed by atoms with Crippen LogP contribution in [0.1, 0.15) is 24.4 Å². The maximum Gasteiger partial charge on any atom is 0.238 e. The zero-order chi connectivity index (χ0) is 19.4. The molecule has 1 aliphatic rings. The average Bonchev–Trinajstić information content (AvgIpc) is 3.11. The molecule has 0 aliphatic carbocycles. The van der Waals surface area contributed by atoms with Crippen LogP contribution in [-0.2, 0) is 4.79 Å². The van der Waals surface area contributed by atoms with Crippen LogP contribution in [0, 0.1) is 5.82 Å². The molecule has 0 saturated carbocycles. The lowest BCUT2D eigenvalue weighted by atomic mass is 10.0. The first-order valence-electron chi connectivity index (χ1n) is 8.72. The molecule has 27 heavy (non-hydrogen) atoms. The molecule has 0 unspecified atom stereocenters. The maximum absolute atomic E-state index is 13.2. The van der Waals surface area contributed by atoms with Crippen molar-refractivity contribution in [1.82, 2.24) is 4.90 Å². The summed E-state index contributed by atoms with van der Waals surface area (Å²) in [7, 11) is 3.26. The summed E-state index contributed by atoms with van der Waals surface area (Å²) in [5.74, 6) is 0.884. The van der Waals surface area contributed by atoms with Crippen molar-refractivity contribution in [3.8, 4) is 11.5 Å². The number of halogens is 2. The van der Waals surface area contributed by atoms with E-state index in [4.69, 9.17) is 21.1 Å². The Labute approximate surface area is 163 Å². The van der Waals surface area contributed by atoms with E-state index in [2.05, 4.69) is 10.2 Å². The van der Waals surface area contributed by atoms with Gasteiger partial charge < -0.3 is 14.8 Å². The minimum atomic E-state index is -0.442. The van der Waals surface area contributed by atoms with E-state index in [0.717, 1.165) is 36.4 Å². The van der Waals surface area contributed by atoms with E-state index < -0.39 is 5.82 Å². The maximum atomic E-state index is 13.2. The Kier molecular flexibility index (Phi) is 6.19. The van der Waals surface area contributed by atoms with Crippen LogP contribution in [0.5, 0.6) is 11.5 Å². The van der Waals surface area contributed by atoms with E-state index in [1.165, 1.54) is 18.2 Å². The number of nitrogens with zero attached hydrogens (tertiary/aromatic N) is 1. The fourth-order valence-corrected chi connectivity index (χ4v) is 3.65. The second kappa shape index (κ2) is 8.59. The second-order valence-electron chi connectivity index (χ2n) is 6.41. The van der Waals surface area contributed by atoms with Crippen LogP contribution in [0.25, 0.3) is 0 Å². The van der Waals surface area contributed by atoms with Crippen molar-refractivity contribution in [1.29, 1.82) is 0 Å². The highest BCUT2D eigenvalue weighted by molar-refractivity contribution is 6.33. The van der Waals surface area contributed by atoms with E-state index in [1.54, 1.807) is 14.2 Å². The molecule has 144 valence electrons. The number of benzene rings is 2. The van der Waals surface area contributed by atoms with Crippen molar-refractivity contribution < 1.29 is 18.7 Å². The Bertz CT molecular complexity index is 831. The number of hydrogen-bond acceptors (Lipinski definition) is 4. The molecule has 0 radical (unpaired) electrons. The van der Waals surface area contributed by atoms with Gasteiger partial charge >= 0.3 is 0 Å². The van der Waals surface area contributed by atoms with Gasteiger partial charge in [0.05, 0.1) is 31.5 Å². The van der Waals surface area contributed by atoms with Gasteiger partial charge in [0.1, 0.15) is 17.3 Å². The average molecular weight is 393 g/mol. The Morgan fingerprint density at radius 3 is 2.78 bits per heavy atom. The highest BCUT2D eigenvalue weighted by Crippen LogP contribution is 2.38. The molecule has 3 rings (SSSR count). The van der Waals surface area contributed by atoms with Crippen LogP contribution >= 0.6 is 11.6 Å². The lowest BCUT2D eigenvalue weighted by Gasteiger charge is -2.26. The summed E-state index contributed by atoms with van der Waals surface area (Å²) in [5.41, 5.74) is 1.40. The molecule has 1 N–H and O–H groups in total.